The van der Waals surface area contributed by atoms with Crippen molar-refractivity contribution in [2.24, 2.45) is 0 Å². The highest BCUT2D eigenvalue weighted by molar-refractivity contribution is 5.20. The third-order valence-electron chi connectivity index (χ3n) is 5.10. The van der Waals surface area contributed by atoms with E-state index < -0.39 is 0 Å². The molecule has 5 unspecified atom stereocenters. The maximum absolute atomic E-state index is 6.34. The van der Waals surface area contributed by atoms with Gasteiger partial charge in [0.15, 0.2) is 0 Å². The quantitative estimate of drug-likeness (QED) is 0.539. The van der Waals surface area contributed by atoms with Crippen molar-refractivity contribution in [2.45, 2.75) is 54.9 Å². The fourth-order valence-electron chi connectivity index (χ4n) is 3.52. The summed E-state index contributed by atoms with van der Waals surface area (Å²) >= 11 is 0. The molecule has 0 aliphatic carbocycles. The summed E-state index contributed by atoms with van der Waals surface area (Å²) in [5.74, 6) is 0. The van der Waals surface area contributed by atoms with Gasteiger partial charge in [-0.2, -0.15) is 0 Å². The molecule has 5 atom stereocenters. The second-order valence-electron chi connectivity index (χ2n) is 7.04. The first-order valence-electron chi connectivity index (χ1n) is 8.01. The smallest absolute Gasteiger partial charge is 0.124 e. The molecule has 0 bridgehead atoms. The van der Waals surface area contributed by atoms with Gasteiger partial charge < -0.3 is 28.4 Å². The van der Waals surface area contributed by atoms with Crippen LogP contribution in [-0.4, -0.2) is 75.3 Å². The molecule has 5 rings (SSSR count). The highest BCUT2D eigenvalue weighted by atomic mass is 16.7. The molecule has 5 aliphatic heterocycles. The summed E-state index contributed by atoms with van der Waals surface area (Å²) in [6, 6.07) is 0. The van der Waals surface area contributed by atoms with E-state index in [2.05, 4.69) is 0 Å². The Balaban J connectivity index is 1.27. The Hall–Kier alpha value is -0.240. The molecule has 0 aromatic carbocycles. The maximum atomic E-state index is 6.34. The third-order valence-corrected chi connectivity index (χ3v) is 5.10. The molecule has 0 spiro atoms. The second-order valence-corrected chi connectivity index (χ2v) is 7.04. The van der Waals surface area contributed by atoms with Crippen LogP contribution in [0.2, 0.25) is 0 Å². The lowest BCUT2D eigenvalue weighted by Gasteiger charge is -2.19. The van der Waals surface area contributed by atoms with Gasteiger partial charge in [0.1, 0.15) is 17.3 Å². The monoisotopic (exact) mass is 298 g/mol. The average molecular weight is 298 g/mol. The Morgan fingerprint density at radius 1 is 0.714 bits per heavy atom. The van der Waals surface area contributed by atoms with Crippen LogP contribution in [0.4, 0.5) is 0 Å². The van der Waals surface area contributed by atoms with Gasteiger partial charge in [-0.3, -0.25) is 0 Å². The van der Waals surface area contributed by atoms with Crippen LogP contribution in [0.1, 0.15) is 19.3 Å². The van der Waals surface area contributed by atoms with E-state index in [1.54, 1.807) is 0 Å². The van der Waals surface area contributed by atoms with E-state index in [-0.39, 0.29) is 11.2 Å². The zero-order valence-corrected chi connectivity index (χ0v) is 12.1. The van der Waals surface area contributed by atoms with Gasteiger partial charge in [0.05, 0.1) is 58.0 Å². The Bertz CT molecular complexity index is 398. The Morgan fingerprint density at radius 3 is 1.67 bits per heavy atom. The van der Waals surface area contributed by atoms with Crippen molar-refractivity contribution in [2.75, 3.05) is 39.6 Å². The molecule has 0 radical (unpaired) electrons. The predicted molar refractivity (Wildman–Crippen MR) is 70.2 cm³/mol. The largest absolute Gasteiger partial charge is 0.376 e. The van der Waals surface area contributed by atoms with Gasteiger partial charge in [-0.25, -0.2) is 0 Å². The Morgan fingerprint density at radius 2 is 1.19 bits per heavy atom. The minimum atomic E-state index is -0.207. The first-order chi connectivity index (χ1) is 10.3. The SMILES string of the molecule is C(OCC1(CC2CO2)OC1(CC1CO1)CC1CO1)C1CO1. The second kappa shape index (κ2) is 4.63. The van der Waals surface area contributed by atoms with Crippen LogP contribution in [0.15, 0.2) is 0 Å². The van der Waals surface area contributed by atoms with Crippen molar-refractivity contribution >= 4 is 0 Å². The summed E-state index contributed by atoms with van der Waals surface area (Å²) in [6.07, 6.45) is 4.21. The number of rotatable bonds is 10. The van der Waals surface area contributed by atoms with E-state index >= 15 is 0 Å². The van der Waals surface area contributed by atoms with Crippen molar-refractivity contribution in [3.63, 3.8) is 0 Å². The van der Waals surface area contributed by atoms with Crippen LogP contribution < -0.4 is 0 Å². The van der Waals surface area contributed by atoms with E-state index in [9.17, 15) is 0 Å². The fraction of sp³-hybridized carbons (Fsp3) is 1.00. The molecule has 5 heterocycles. The zero-order chi connectivity index (χ0) is 13.9. The minimum absolute atomic E-state index is 0.133. The van der Waals surface area contributed by atoms with E-state index in [0.717, 1.165) is 45.7 Å². The van der Waals surface area contributed by atoms with Gasteiger partial charge in [0.2, 0.25) is 0 Å². The molecule has 0 N–H and O–H groups in total. The summed E-state index contributed by atoms with van der Waals surface area (Å²) in [5, 5.41) is 0. The van der Waals surface area contributed by atoms with Gasteiger partial charge >= 0.3 is 0 Å². The van der Waals surface area contributed by atoms with Crippen LogP contribution in [0.25, 0.3) is 0 Å². The first-order valence-corrected chi connectivity index (χ1v) is 8.01. The minimum Gasteiger partial charge on any atom is -0.376 e. The summed E-state index contributed by atoms with van der Waals surface area (Å²) in [4.78, 5) is 0. The molecular formula is C15H22O6. The van der Waals surface area contributed by atoms with Crippen molar-refractivity contribution < 1.29 is 28.4 Å². The normalized spacial score (nSPS) is 52.6. The van der Waals surface area contributed by atoms with Crippen LogP contribution in [0, 0.1) is 0 Å². The number of ether oxygens (including phenoxy) is 6. The van der Waals surface area contributed by atoms with Crippen molar-refractivity contribution in [3.8, 4) is 0 Å². The highest BCUT2D eigenvalue weighted by Gasteiger charge is 2.72. The molecule has 6 nitrogen and oxygen atoms in total. The Kier molecular flexibility index (Phi) is 2.91. The summed E-state index contributed by atoms with van der Waals surface area (Å²) < 4.78 is 33.8. The lowest BCUT2D eigenvalue weighted by molar-refractivity contribution is 0.0617. The number of hydrogen-bond acceptors (Lipinski definition) is 6. The molecule has 5 fully saturated rings. The van der Waals surface area contributed by atoms with Gasteiger partial charge in [-0.15, -0.1) is 0 Å². The molecule has 5 aliphatic rings. The standard InChI is InChI=1S/C15H22O6/c1(10-5-17-10)14(2-11-6-18-11)15(21-14,3-12-7-19-12)9-16-4-13-8-20-13/h10-13H,1-9H2. The third kappa shape index (κ3) is 2.85. The van der Waals surface area contributed by atoms with E-state index in [1.165, 1.54) is 0 Å². The molecule has 118 valence electrons. The van der Waals surface area contributed by atoms with Crippen molar-refractivity contribution in [3.05, 3.63) is 0 Å². The highest BCUT2D eigenvalue weighted by Crippen LogP contribution is 2.59. The van der Waals surface area contributed by atoms with Crippen LogP contribution in [-0.2, 0) is 28.4 Å². The lowest BCUT2D eigenvalue weighted by atomic mass is 9.82. The molecule has 0 saturated carbocycles. The topological polar surface area (TPSA) is 71.9 Å². The van der Waals surface area contributed by atoms with E-state index in [4.69, 9.17) is 28.4 Å². The Labute approximate surface area is 124 Å². The number of hydrogen-bond donors (Lipinski definition) is 0. The zero-order valence-electron chi connectivity index (χ0n) is 12.1. The fourth-order valence-corrected chi connectivity index (χ4v) is 3.52. The average Bonchev–Trinajstić information content (AvgIpc) is 3.23. The van der Waals surface area contributed by atoms with E-state index in [0.29, 0.717) is 37.6 Å². The molecule has 0 aromatic rings. The molecule has 21 heavy (non-hydrogen) atoms. The van der Waals surface area contributed by atoms with Crippen LogP contribution >= 0.6 is 0 Å². The van der Waals surface area contributed by atoms with Crippen LogP contribution in [0.5, 0.6) is 0 Å². The molecule has 0 aromatic heterocycles. The first kappa shape index (κ1) is 13.2. The molecular weight excluding hydrogens is 276 g/mol. The van der Waals surface area contributed by atoms with Gasteiger partial charge in [-0.1, -0.05) is 0 Å². The van der Waals surface area contributed by atoms with Gasteiger partial charge in [0.25, 0.3) is 0 Å². The van der Waals surface area contributed by atoms with Crippen molar-refractivity contribution in [1.82, 2.24) is 0 Å². The van der Waals surface area contributed by atoms with E-state index in [1.807, 2.05) is 0 Å². The molecule has 6 heteroatoms. The summed E-state index contributed by atoms with van der Waals surface area (Å²) in [6.45, 7) is 4.72. The van der Waals surface area contributed by atoms with Crippen LogP contribution in [0.3, 0.4) is 0 Å². The van der Waals surface area contributed by atoms with Crippen molar-refractivity contribution in [1.29, 1.82) is 0 Å². The lowest BCUT2D eigenvalue weighted by Crippen LogP contribution is -2.35. The summed E-state index contributed by atoms with van der Waals surface area (Å²) in [7, 11) is 0. The summed E-state index contributed by atoms with van der Waals surface area (Å²) in [5.41, 5.74) is -0.341. The predicted octanol–water partition coefficient (Wildman–Crippen LogP) is 0.276. The van der Waals surface area contributed by atoms with Gasteiger partial charge in [-0.05, 0) is 0 Å². The number of epoxide rings is 5. The molecule has 0 amide bonds. The maximum Gasteiger partial charge on any atom is 0.124 e. The molecule has 5 saturated heterocycles. The van der Waals surface area contributed by atoms with Gasteiger partial charge in [0, 0.05) is 19.3 Å².